The van der Waals surface area contributed by atoms with Gasteiger partial charge >= 0.3 is 19.8 Å². The number of ether oxygens (including phenoxy) is 2. The predicted molar refractivity (Wildman–Crippen MR) is 243 cm³/mol. The van der Waals surface area contributed by atoms with Crippen molar-refractivity contribution < 1.29 is 37.6 Å². The number of nitrogens with two attached hydrogens (primary N) is 1. The molecule has 10 heteroatoms. The average molecular weight is 844 g/mol. The fraction of sp³-hybridized carbons (Fsp3) is 0.917. The van der Waals surface area contributed by atoms with E-state index in [1.54, 1.807) is 0 Å². The van der Waals surface area contributed by atoms with E-state index in [-0.39, 0.29) is 38.6 Å². The van der Waals surface area contributed by atoms with Crippen LogP contribution >= 0.6 is 7.82 Å². The second kappa shape index (κ2) is 45.3. The van der Waals surface area contributed by atoms with E-state index in [1.165, 1.54) is 180 Å². The topological polar surface area (TPSA) is 134 Å². The number of phosphoric acid groups is 1. The molecule has 2 unspecified atom stereocenters. The molecule has 0 aromatic carbocycles. The van der Waals surface area contributed by atoms with Crippen molar-refractivity contribution in [3.8, 4) is 0 Å². The summed E-state index contributed by atoms with van der Waals surface area (Å²) in [6.45, 7) is 3.78. The minimum absolute atomic E-state index is 0.0562. The van der Waals surface area contributed by atoms with Crippen LogP contribution in [0.2, 0.25) is 0 Å². The van der Waals surface area contributed by atoms with E-state index < -0.39 is 26.5 Å². The van der Waals surface area contributed by atoms with E-state index in [4.69, 9.17) is 24.3 Å². The maximum Gasteiger partial charge on any atom is 0.472 e. The highest BCUT2D eigenvalue weighted by Crippen LogP contribution is 2.43. The second-order valence-electron chi connectivity index (χ2n) is 16.7. The van der Waals surface area contributed by atoms with Crippen LogP contribution in [-0.4, -0.2) is 49.3 Å². The molecule has 344 valence electrons. The summed E-state index contributed by atoms with van der Waals surface area (Å²) < 4.78 is 32.9. The molecule has 0 aliphatic rings. The molecule has 0 bridgehead atoms. The lowest BCUT2D eigenvalue weighted by Gasteiger charge is -2.19. The average Bonchev–Trinajstić information content (AvgIpc) is 3.21. The minimum Gasteiger partial charge on any atom is -0.462 e. The number of unbranched alkanes of at least 4 members (excludes halogenated alkanes) is 32. The molecule has 0 fully saturated rings. The highest BCUT2D eigenvalue weighted by molar-refractivity contribution is 7.47. The summed E-state index contributed by atoms with van der Waals surface area (Å²) in [5.74, 6) is -0.816. The normalized spacial score (nSPS) is 13.2. The predicted octanol–water partition coefficient (Wildman–Crippen LogP) is 14.6. The van der Waals surface area contributed by atoms with Crippen molar-refractivity contribution in [1.82, 2.24) is 0 Å². The lowest BCUT2D eigenvalue weighted by molar-refractivity contribution is -0.161. The van der Waals surface area contributed by atoms with Gasteiger partial charge in [-0.05, 0) is 38.5 Å². The van der Waals surface area contributed by atoms with E-state index in [2.05, 4.69) is 26.0 Å². The van der Waals surface area contributed by atoms with Crippen LogP contribution in [0.25, 0.3) is 0 Å². The fourth-order valence-electron chi connectivity index (χ4n) is 7.22. The van der Waals surface area contributed by atoms with Crippen LogP contribution in [0.1, 0.15) is 251 Å². The molecule has 0 rings (SSSR count). The van der Waals surface area contributed by atoms with Crippen molar-refractivity contribution in [3.05, 3.63) is 12.2 Å². The SMILES string of the molecule is CCCCCCCCCC/C=C\CCCCCCCCCCCC(=O)OC(COC(=O)CCCCCCCCCCCCCCCCCC)COP(=O)(O)OCCN. The van der Waals surface area contributed by atoms with Gasteiger partial charge in [0, 0.05) is 19.4 Å². The minimum atomic E-state index is -4.38. The zero-order valence-corrected chi connectivity index (χ0v) is 38.9. The van der Waals surface area contributed by atoms with Crippen molar-refractivity contribution >= 4 is 19.8 Å². The van der Waals surface area contributed by atoms with Gasteiger partial charge in [0.2, 0.25) is 0 Å². The molecule has 3 N–H and O–H groups in total. The van der Waals surface area contributed by atoms with Gasteiger partial charge < -0.3 is 20.1 Å². The molecule has 0 aliphatic carbocycles. The van der Waals surface area contributed by atoms with Crippen LogP contribution in [0.5, 0.6) is 0 Å². The molecule has 0 saturated carbocycles. The molecule has 9 nitrogen and oxygen atoms in total. The van der Waals surface area contributed by atoms with Crippen molar-refractivity contribution in [1.29, 1.82) is 0 Å². The summed E-state index contributed by atoms with van der Waals surface area (Å²) in [6.07, 6.45) is 48.1. The second-order valence-corrected chi connectivity index (χ2v) is 18.1. The molecule has 0 saturated heterocycles. The Morgan fingerprint density at radius 3 is 1.22 bits per heavy atom. The number of hydrogen-bond donors (Lipinski definition) is 2. The molecule has 0 radical (unpaired) electrons. The maximum absolute atomic E-state index is 12.6. The van der Waals surface area contributed by atoms with E-state index in [1.807, 2.05) is 0 Å². The number of carbonyl (C=O) groups excluding carboxylic acids is 2. The Balaban J connectivity index is 4.03. The summed E-state index contributed by atoms with van der Waals surface area (Å²) in [7, 11) is -4.38. The molecule has 0 amide bonds. The van der Waals surface area contributed by atoms with Crippen molar-refractivity contribution in [2.24, 2.45) is 5.73 Å². The third-order valence-corrected chi connectivity index (χ3v) is 11.9. The smallest absolute Gasteiger partial charge is 0.462 e. The van der Waals surface area contributed by atoms with Gasteiger partial charge in [-0.1, -0.05) is 212 Å². The highest BCUT2D eigenvalue weighted by atomic mass is 31.2. The Morgan fingerprint density at radius 2 is 0.845 bits per heavy atom. The van der Waals surface area contributed by atoms with Gasteiger partial charge in [-0.15, -0.1) is 0 Å². The zero-order valence-electron chi connectivity index (χ0n) is 38.1. The molecule has 0 spiro atoms. The van der Waals surface area contributed by atoms with E-state index in [9.17, 15) is 19.0 Å². The quantitative estimate of drug-likeness (QED) is 0.0266. The summed E-state index contributed by atoms with van der Waals surface area (Å²) in [5, 5.41) is 0. The Kier molecular flexibility index (Phi) is 44.3. The van der Waals surface area contributed by atoms with Gasteiger partial charge in [-0.2, -0.15) is 0 Å². The molecular formula is C48H94NO8P. The van der Waals surface area contributed by atoms with Crippen LogP contribution in [0.4, 0.5) is 0 Å². The molecule has 0 heterocycles. The molecule has 0 aromatic rings. The number of hydrogen-bond acceptors (Lipinski definition) is 8. The number of esters is 2. The zero-order chi connectivity index (χ0) is 42.5. The summed E-state index contributed by atoms with van der Waals surface area (Å²) in [5.41, 5.74) is 5.36. The van der Waals surface area contributed by atoms with Gasteiger partial charge in [0.25, 0.3) is 0 Å². The lowest BCUT2D eigenvalue weighted by atomic mass is 10.0. The van der Waals surface area contributed by atoms with Gasteiger partial charge in [0.15, 0.2) is 6.10 Å². The number of rotatable bonds is 47. The van der Waals surface area contributed by atoms with Crippen LogP contribution in [-0.2, 0) is 32.7 Å². The molecule has 58 heavy (non-hydrogen) atoms. The van der Waals surface area contributed by atoms with Crippen molar-refractivity contribution in [2.75, 3.05) is 26.4 Å². The Bertz CT molecular complexity index is 964. The van der Waals surface area contributed by atoms with E-state index in [0.29, 0.717) is 6.42 Å². The summed E-state index contributed by atoms with van der Waals surface area (Å²) in [4.78, 5) is 35.0. The third-order valence-electron chi connectivity index (χ3n) is 10.9. The third kappa shape index (κ3) is 44.3. The maximum atomic E-state index is 12.6. The Morgan fingerprint density at radius 1 is 0.500 bits per heavy atom. The van der Waals surface area contributed by atoms with Crippen molar-refractivity contribution in [2.45, 2.75) is 258 Å². The monoisotopic (exact) mass is 844 g/mol. The number of phosphoric ester groups is 1. The van der Waals surface area contributed by atoms with Crippen LogP contribution < -0.4 is 5.73 Å². The van der Waals surface area contributed by atoms with Crippen molar-refractivity contribution in [3.63, 3.8) is 0 Å². The van der Waals surface area contributed by atoms with Crippen LogP contribution in [0, 0.1) is 0 Å². The van der Waals surface area contributed by atoms with Crippen LogP contribution in [0.3, 0.4) is 0 Å². The largest absolute Gasteiger partial charge is 0.472 e. The van der Waals surface area contributed by atoms with E-state index in [0.717, 1.165) is 38.5 Å². The van der Waals surface area contributed by atoms with Gasteiger partial charge in [0.05, 0.1) is 13.2 Å². The first-order valence-electron chi connectivity index (χ1n) is 24.7. The highest BCUT2D eigenvalue weighted by Gasteiger charge is 2.26. The fourth-order valence-corrected chi connectivity index (χ4v) is 7.99. The van der Waals surface area contributed by atoms with Gasteiger partial charge in [0.1, 0.15) is 6.61 Å². The molecule has 2 atom stereocenters. The lowest BCUT2D eigenvalue weighted by Crippen LogP contribution is -2.29. The number of carbonyl (C=O) groups is 2. The van der Waals surface area contributed by atoms with E-state index >= 15 is 0 Å². The van der Waals surface area contributed by atoms with Crippen LogP contribution in [0.15, 0.2) is 12.2 Å². The summed E-state index contributed by atoms with van der Waals surface area (Å²) in [6, 6.07) is 0. The van der Waals surface area contributed by atoms with Gasteiger partial charge in [-0.3, -0.25) is 18.6 Å². The standard InChI is InChI=1S/C48H94NO8P/c1-3-5-7-9-11-13-15-17-19-21-22-23-24-25-27-29-31-33-35-37-39-41-48(51)57-46(45-56-58(52,53)55-43-42-49)44-54-47(50)40-38-36-34-32-30-28-26-20-18-16-14-12-10-8-6-4-2/h21-22,46H,3-20,23-45,49H2,1-2H3,(H,52,53)/b22-21-. The molecule has 0 aromatic heterocycles. The first-order chi connectivity index (χ1) is 28.3. The number of allylic oxidation sites excluding steroid dienone is 2. The summed E-state index contributed by atoms with van der Waals surface area (Å²) >= 11 is 0. The first kappa shape index (κ1) is 56.8. The molecule has 0 aliphatic heterocycles. The van der Waals surface area contributed by atoms with Gasteiger partial charge in [-0.25, -0.2) is 4.57 Å². The first-order valence-corrected chi connectivity index (χ1v) is 26.2. The molecular weight excluding hydrogens is 750 g/mol. The Labute approximate surface area is 358 Å². The Hall–Kier alpha value is -1.25.